The van der Waals surface area contributed by atoms with Crippen molar-refractivity contribution in [3.63, 3.8) is 0 Å². The molecule has 0 saturated carbocycles. The maximum atomic E-state index is 9.55. The Morgan fingerprint density at radius 1 is 1.37 bits per heavy atom. The molecule has 0 aromatic carbocycles. The molecular weight excluding hydrogens is 244 g/mol. The number of anilines is 1. The number of aryl methyl sites for hydroxylation is 3. The molecule has 6 heteroatoms. The molecule has 0 aliphatic heterocycles. The second-order valence-electron chi connectivity index (χ2n) is 4.92. The predicted molar refractivity (Wildman–Crippen MR) is 73.6 cm³/mol. The Bertz CT molecular complexity index is 594. The highest BCUT2D eigenvalue weighted by molar-refractivity contribution is 5.56. The van der Waals surface area contributed by atoms with E-state index in [0.717, 1.165) is 28.4 Å². The molecule has 0 saturated heterocycles. The number of nitrogens with zero attached hydrogens (tertiary/aromatic N) is 4. The first-order valence-corrected chi connectivity index (χ1v) is 6.27. The van der Waals surface area contributed by atoms with Crippen LogP contribution in [0, 0.1) is 20.8 Å². The highest BCUT2D eigenvalue weighted by atomic mass is 16.3. The first-order chi connectivity index (χ1) is 8.93. The van der Waals surface area contributed by atoms with Crippen molar-refractivity contribution in [2.45, 2.75) is 26.9 Å². The Balaban J connectivity index is 2.50. The van der Waals surface area contributed by atoms with Crippen LogP contribution >= 0.6 is 0 Å². The maximum absolute atomic E-state index is 9.55. The van der Waals surface area contributed by atoms with Gasteiger partial charge in [-0.05, 0) is 20.8 Å². The Kier molecular flexibility index (Phi) is 3.73. The average molecular weight is 264 g/mol. The minimum Gasteiger partial charge on any atom is -0.394 e. The average Bonchev–Trinajstić information content (AvgIpc) is 2.65. The lowest BCUT2D eigenvalue weighted by atomic mass is 10.3. The third kappa shape index (κ3) is 2.54. The molecule has 19 heavy (non-hydrogen) atoms. The first-order valence-electron chi connectivity index (χ1n) is 6.27. The van der Waals surface area contributed by atoms with Gasteiger partial charge in [0.1, 0.15) is 5.82 Å². The van der Waals surface area contributed by atoms with Crippen molar-refractivity contribution in [2.24, 2.45) is 0 Å². The minimum atomic E-state index is -0.772. The number of aliphatic hydroxyl groups is 2. The van der Waals surface area contributed by atoms with Crippen LogP contribution in [-0.4, -0.2) is 51.1 Å². The second-order valence-corrected chi connectivity index (χ2v) is 4.92. The molecule has 0 amide bonds. The number of hydrogen-bond donors (Lipinski definition) is 2. The topological polar surface area (TPSA) is 73.9 Å². The fraction of sp³-hybridized carbons (Fsp3) is 0.538. The summed E-state index contributed by atoms with van der Waals surface area (Å²) in [6.45, 7) is 5.96. The van der Waals surface area contributed by atoms with Crippen LogP contribution in [0.1, 0.15) is 17.0 Å². The summed E-state index contributed by atoms with van der Waals surface area (Å²) in [4.78, 5) is 6.37. The number of rotatable bonds is 4. The quantitative estimate of drug-likeness (QED) is 0.838. The lowest BCUT2D eigenvalue weighted by Gasteiger charge is -2.22. The van der Waals surface area contributed by atoms with Crippen molar-refractivity contribution in [3.8, 4) is 0 Å². The Morgan fingerprint density at radius 2 is 2.05 bits per heavy atom. The molecule has 6 nitrogen and oxygen atoms in total. The van der Waals surface area contributed by atoms with Gasteiger partial charge < -0.3 is 15.1 Å². The summed E-state index contributed by atoms with van der Waals surface area (Å²) in [6, 6.07) is 1.92. The Hall–Kier alpha value is -1.66. The van der Waals surface area contributed by atoms with Gasteiger partial charge in [-0.25, -0.2) is 4.98 Å². The number of hydrogen-bond acceptors (Lipinski definition) is 5. The van der Waals surface area contributed by atoms with Gasteiger partial charge in [-0.3, -0.25) is 0 Å². The molecule has 2 aromatic rings. The molecule has 2 rings (SSSR count). The molecule has 0 radical (unpaired) electrons. The van der Waals surface area contributed by atoms with Crippen LogP contribution in [0.3, 0.4) is 0 Å². The van der Waals surface area contributed by atoms with E-state index < -0.39 is 6.10 Å². The second kappa shape index (κ2) is 5.14. The summed E-state index contributed by atoms with van der Waals surface area (Å²) >= 11 is 0. The third-order valence-electron chi connectivity index (χ3n) is 3.25. The zero-order chi connectivity index (χ0) is 14.2. The fourth-order valence-corrected chi connectivity index (χ4v) is 2.07. The van der Waals surface area contributed by atoms with E-state index in [-0.39, 0.29) is 6.61 Å². The van der Waals surface area contributed by atoms with Crippen LogP contribution in [0.2, 0.25) is 0 Å². The number of fused-ring (bicyclic) bond motifs is 1. The summed E-state index contributed by atoms with van der Waals surface area (Å²) in [6.07, 6.45) is -0.772. The lowest BCUT2D eigenvalue weighted by Crippen LogP contribution is -2.32. The van der Waals surface area contributed by atoms with Crippen molar-refractivity contribution in [3.05, 3.63) is 23.0 Å². The van der Waals surface area contributed by atoms with E-state index in [9.17, 15) is 5.11 Å². The van der Waals surface area contributed by atoms with E-state index in [2.05, 4.69) is 10.1 Å². The van der Waals surface area contributed by atoms with Gasteiger partial charge in [0, 0.05) is 30.9 Å². The molecule has 2 N–H and O–H groups in total. The highest BCUT2D eigenvalue weighted by Crippen LogP contribution is 2.20. The molecular formula is C13H20N4O2. The SMILES string of the molecule is Cc1cc(N(C)C[C@@H](O)CO)n2nc(C)c(C)c2n1. The number of aliphatic hydroxyl groups excluding tert-OH is 2. The summed E-state index contributed by atoms with van der Waals surface area (Å²) in [5.41, 5.74) is 3.73. The van der Waals surface area contributed by atoms with Gasteiger partial charge in [-0.2, -0.15) is 9.61 Å². The van der Waals surface area contributed by atoms with Crippen molar-refractivity contribution >= 4 is 11.5 Å². The normalized spacial score (nSPS) is 12.9. The van der Waals surface area contributed by atoms with Crippen molar-refractivity contribution < 1.29 is 10.2 Å². The third-order valence-corrected chi connectivity index (χ3v) is 3.25. The number of likely N-dealkylation sites (N-methyl/N-ethyl adjacent to an activating group) is 1. The van der Waals surface area contributed by atoms with Crippen LogP contribution in [0.4, 0.5) is 5.82 Å². The molecule has 0 unspecified atom stereocenters. The predicted octanol–water partition coefficient (Wildman–Crippen LogP) is 0.444. The van der Waals surface area contributed by atoms with E-state index in [1.165, 1.54) is 0 Å². The van der Waals surface area contributed by atoms with Gasteiger partial charge in [-0.15, -0.1) is 0 Å². The van der Waals surface area contributed by atoms with Gasteiger partial charge in [0.2, 0.25) is 0 Å². The largest absolute Gasteiger partial charge is 0.394 e. The molecule has 1 atom stereocenters. The lowest BCUT2D eigenvalue weighted by molar-refractivity contribution is 0.101. The molecule has 0 aliphatic rings. The van der Waals surface area contributed by atoms with Crippen LogP contribution in [0.5, 0.6) is 0 Å². The zero-order valence-corrected chi connectivity index (χ0v) is 11.8. The van der Waals surface area contributed by atoms with Crippen LogP contribution in [0.15, 0.2) is 6.07 Å². The van der Waals surface area contributed by atoms with E-state index in [1.54, 1.807) is 4.52 Å². The molecule has 0 spiro atoms. The number of aromatic nitrogens is 3. The van der Waals surface area contributed by atoms with Gasteiger partial charge in [0.25, 0.3) is 0 Å². The highest BCUT2D eigenvalue weighted by Gasteiger charge is 2.15. The van der Waals surface area contributed by atoms with Crippen molar-refractivity contribution in [1.82, 2.24) is 14.6 Å². The summed E-state index contributed by atoms with van der Waals surface area (Å²) in [7, 11) is 1.86. The van der Waals surface area contributed by atoms with Crippen molar-refractivity contribution in [1.29, 1.82) is 0 Å². The van der Waals surface area contributed by atoms with E-state index >= 15 is 0 Å². The van der Waals surface area contributed by atoms with E-state index in [4.69, 9.17) is 5.11 Å². The van der Waals surface area contributed by atoms with Gasteiger partial charge in [0.15, 0.2) is 5.65 Å². The minimum absolute atomic E-state index is 0.255. The van der Waals surface area contributed by atoms with Gasteiger partial charge in [-0.1, -0.05) is 0 Å². The molecule has 0 fully saturated rings. The summed E-state index contributed by atoms with van der Waals surface area (Å²) < 4.78 is 1.78. The zero-order valence-electron chi connectivity index (χ0n) is 11.8. The molecule has 2 heterocycles. The first kappa shape index (κ1) is 13.8. The summed E-state index contributed by atoms with van der Waals surface area (Å²) in [5, 5.41) is 23.0. The maximum Gasteiger partial charge on any atom is 0.160 e. The van der Waals surface area contributed by atoms with Gasteiger partial charge in [0.05, 0.1) is 18.4 Å². The smallest absolute Gasteiger partial charge is 0.160 e. The van der Waals surface area contributed by atoms with Crippen LogP contribution in [-0.2, 0) is 0 Å². The summed E-state index contributed by atoms with van der Waals surface area (Å²) in [5.74, 6) is 0.853. The molecule has 2 aromatic heterocycles. The molecule has 0 bridgehead atoms. The monoisotopic (exact) mass is 264 g/mol. The molecule has 0 aliphatic carbocycles. The molecule has 104 valence electrons. The van der Waals surface area contributed by atoms with E-state index in [1.807, 2.05) is 38.8 Å². The van der Waals surface area contributed by atoms with Crippen LogP contribution < -0.4 is 4.90 Å². The van der Waals surface area contributed by atoms with Crippen molar-refractivity contribution in [2.75, 3.05) is 25.1 Å². The standard InChI is InChI=1S/C13H20N4O2/c1-8-5-12(16(4)6-11(19)7-18)17-13(14-8)9(2)10(3)15-17/h5,11,18-19H,6-7H2,1-4H3/t11-/m1/s1. The van der Waals surface area contributed by atoms with E-state index in [0.29, 0.717) is 6.54 Å². The van der Waals surface area contributed by atoms with Gasteiger partial charge >= 0.3 is 0 Å². The Morgan fingerprint density at radius 3 is 2.68 bits per heavy atom. The van der Waals surface area contributed by atoms with Crippen LogP contribution in [0.25, 0.3) is 5.65 Å². The fourth-order valence-electron chi connectivity index (χ4n) is 2.07. The Labute approximate surface area is 112 Å².